The number of aromatic nitrogens is 10. The molecule has 0 aliphatic heterocycles. The van der Waals surface area contributed by atoms with Crippen LogP contribution in [0.5, 0.6) is 0 Å². The molecule has 0 amide bonds. The van der Waals surface area contributed by atoms with Gasteiger partial charge in [0.25, 0.3) is 0 Å². The molecular weight excluding hydrogens is 669 g/mol. The first kappa shape index (κ1) is 48.1. The number of imidazole rings is 1. The third kappa shape index (κ3) is 13.4. The molecule has 0 atom stereocenters. The SMILES string of the molecule is CC.CC.CC(C)(C)c1nc(C(C)(C)C)c2ncccc2n1.CC(C)(C)c1nc(C(C)(C)C)c2nccn2n1.Cc1nc(C(C)(C)C)nc(C(C)(C)C)n1. The molecule has 10 nitrogen and oxygen atoms in total. The molecule has 0 saturated carbocycles. The van der Waals surface area contributed by atoms with Crippen molar-refractivity contribution in [1.29, 1.82) is 0 Å². The minimum atomic E-state index is -0.0571. The maximum absolute atomic E-state index is 4.77. The molecule has 10 heteroatoms. The maximum Gasteiger partial charge on any atom is 0.175 e. The van der Waals surface area contributed by atoms with E-state index in [-0.39, 0.29) is 32.5 Å². The van der Waals surface area contributed by atoms with Gasteiger partial charge in [0.15, 0.2) is 11.5 Å². The van der Waals surface area contributed by atoms with Crippen molar-refractivity contribution in [2.45, 2.75) is 192 Å². The highest BCUT2D eigenvalue weighted by atomic mass is 15.3. The zero-order valence-corrected chi connectivity index (χ0v) is 38.4. The molecule has 5 aromatic heterocycles. The van der Waals surface area contributed by atoms with E-state index in [1.165, 1.54) is 0 Å². The molecule has 0 aromatic carbocycles. The molecule has 0 aliphatic rings. The smallest absolute Gasteiger partial charge is 0.175 e. The van der Waals surface area contributed by atoms with Gasteiger partial charge in [-0.15, -0.1) is 0 Å². The van der Waals surface area contributed by atoms with Gasteiger partial charge in [-0.25, -0.2) is 39.4 Å². The van der Waals surface area contributed by atoms with Crippen molar-refractivity contribution in [2.75, 3.05) is 0 Å². The molecular formula is C44H74N10. The van der Waals surface area contributed by atoms with Crippen molar-refractivity contribution in [3.63, 3.8) is 0 Å². The number of aryl methyl sites for hydroxylation is 1. The monoisotopic (exact) mass is 743 g/mol. The van der Waals surface area contributed by atoms with Crippen molar-refractivity contribution >= 4 is 16.7 Å². The van der Waals surface area contributed by atoms with Crippen LogP contribution in [-0.4, -0.2) is 49.5 Å². The Balaban J connectivity index is 0.000000388. The van der Waals surface area contributed by atoms with E-state index in [0.717, 1.165) is 57.2 Å². The summed E-state index contributed by atoms with van der Waals surface area (Å²) in [6, 6.07) is 3.93. The van der Waals surface area contributed by atoms with Crippen LogP contribution in [0.1, 0.15) is 193 Å². The van der Waals surface area contributed by atoms with E-state index in [2.05, 4.69) is 160 Å². The van der Waals surface area contributed by atoms with E-state index < -0.39 is 0 Å². The fraction of sp³-hybridized carbons (Fsp3) is 0.659. The van der Waals surface area contributed by atoms with Crippen LogP contribution in [0, 0.1) is 6.92 Å². The standard InChI is InChI=1S/C15H21N3.C13H20N4.C12H21N3.2C2H6/c1-14(2,3)12-11-10(8-7-9-16-11)17-13(18-12)15(4,5)6;1-12(2,3)9-10-14-7-8-17(10)16-11(15-9)13(4,5)6;1-8-13-9(11(2,3)4)15-10(14-8)12(5,6)7;2*1-2/h7-9H,1-6H3;7-8H,1-6H3;1-7H3;2*1-2H3. The Hall–Kier alpha value is -3.95. The highest BCUT2D eigenvalue weighted by Gasteiger charge is 2.28. The zero-order chi connectivity index (χ0) is 42.3. The van der Waals surface area contributed by atoms with Crippen LogP contribution in [-0.2, 0) is 32.5 Å². The number of hydrogen-bond donors (Lipinski definition) is 0. The van der Waals surface area contributed by atoms with E-state index in [9.17, 15) is 0 Å². The Morgan fingerprint density at radius 1 is 0.444 bits per heavy atom. The lowest BCUT2D eigenvalue weighted by molar-refractivity contribution is 0.491. The number of fused-ring (bicyclic) bond motifs is 2. The van der Waals surface area contributed by atoms with Gasteiger partial charge in [-0.3, -0.25) is 4.98 Å². The topological polar surface area (TPSA) is 120 Å². The van der Waals surface area contributed by atoms with Crippen LogP contribution in [0.2, 0.25) is 0 Å². The highest BCUT2D eigenvalue weighted by molar-refractivity contribution is 5.77. The first-order valence-corrected chi connectivity index (χ1v) is 19.6. The predicted octanol–water partition coefficient (Wildman–Crippen LogP) is 11.2. The molecule has 0 bridgehead atoms. The van der Waals surface area contributed by atoms with E-state index in [1.807, 2.05) is 57.5 Å². The Bertz CT molecular complexity index is 1880. The Morgan fingerprint density at radius 2 is 0.870 bits per heavy atom. The quantitative estimate of drug-likeness (QED) is 0.153. The van der Waals surface area contributed by atoms with Crippen molar-refractivity contribution in [1.82, 2.24) is 49.5 Å². The molecule has 54 heavy (non-hydrogen) atoms. The third-order valence-corrected chi connectivity index (χ3v) is 7.56. The van der Waals surface area contributed by atoms with Crippen molar-refractivity contribution in [2.24, 2.45) is 0 Å². The maximum atomic E-state index is 4.77. The summed E-state index contributed by atoms with van der Waals surface area (Å²) in [6.45, 7) is 48.3. The summed E-state index contributed by atoms with van der Waals surface area (Å²) in [5, 5.41) is 4.52. The Labute approximate surface area is 328 Å². The second-order valence-corrected chi connectivity index (χ2v) is 19.3. The van der Waals surface area contributed by atoms with Gasteiger partial charge in [0.2, 0.25) is 0 Å². The van der Waals surface area contributed by atoms with Gasteiger partial charge in [0.05, 0.1) is 16.9 Å². The number of nitrogens with zero attached hydrogens (tertiary/aromatic N) is 10. The molecule has 5 rings (SSSR count). The van der Waals surface area contributed by atoms with Crippen molar-refractivity contribution in [3.05, 3.63) is 71.2 Å². The summed E-state index contributed by atoms with van der Waals surface area (Å²) in [7, 11) is 0. The molecule has 5 heterocycles. The van der Waals surface area contributed by atoms with Gasteiger partial charge in [-0.1, -0.05) is 152 Å². The minimum Gasteiger partial charge on any atom is -0.253 e. The van der Waals surface area contributed by atoms with Gasteiger partial charge in [0.1, 0.15) is 28.8 Å². The van der Waals surface area contributed by atoms with Gasteiger partial charge in [0, 0.05) is 51.1 Å². The fourth-order valence-corrected chi connectivity index (χ4v) is 4.63. The molecule has 0 radical (unpaired) electrons. The molecule has 0 spiro atoms. The van der Waals surface area contributed by atoms with Crippen LogP contribution in [0.4, 0.5) is 0 Å². The molecule has 0 saturated heterocycles. The van der Waals surface area contributed by atoms with Crippen LogP contribution in [0.15, 0.2) is 30.7 Å². The second kappa shape index (κ2) is 18.1. The minimum absolute atomic E-state index is 0.0201. The van der Waals surface area contributed by atoms with Crippen molar-refractivity contribution < 1.29 is 0 Å². The second-order valence-electron chi connectivity index (χ2n) is 19.3. The number of rotatable bonds is 0. The van der Waals surface area contributed by atoms with Crippen LogP contribution in [0.25, 0.3) is 16.7 Å². The predicted molar refractivity (Wildman–Crippen MR) is 228 cm³/mol. The lowest BCUT2D eigenvalue weighted by Gasteiger charge is -2.23. The molecule has 0 aliphatic carbocycles. The Kier molecular flexibility index (Phi) is 16.1. The first-order valence-electron chi connectivity index (χ1n) is 19.6. The van der Waals surface area contributed by atoms with Gasteiger partial charge in [-0.2, -0.15) is 5.10 Å². The summed E-state index contributed by atoms with van der Waals surface area (Å²) in [5.41, 5.74) is 4.51. The first-order chi connectivity index (χ1) is 24.5. The van der Waals surface area contributed by atoms with Crippen molar-refractivity contribution in [3.8, 4) is 0 Å². The summed E-state index contributed by atoms with van der Waals surface area (Å²) in [5.74, 6) is 4.29. The van der Waals surface area contributed by atoms with E-state index in [1.54, 1.807) is 12.4 Å². The highest BCUT2D eigenvalue weighted by Crippen LogP contribution is 2.30. The Morgan fingerprint density at radius 3 is 1.30 bits per heavy atom. The molecule has 0 N–H and O–H groups in total. The lowest BCUT2D eigenvalue weighted by atomic mass is 9.89. The van der Waals surface area contributed by atoms with Gasteiger partial charge in [-0.05, 0) is 19.1 Å². The zero-order valence-electron chi connectivity index (χ0n) is 38.4. The fourth-order valence-electron chi connectivity index (χ4n) is 4.63. The summed E-state index contributed by atoms with van der Waals surface area (Å²) >= 11 is 0. The normalized spacial score (nSPS) is 12.4. The lowest BCUT2D eigenvalue weighted by Crippen LogP contribution is -2.24. The van der Waals surface area contributed by atoms with Gasteiger partial charge < -0.3 is 0 Å². The average Bonchev–Trinajstić information content (AvgIpc) is 3.52. The number of pyridine rings is 1. The van der Waals surface area contributed by atoms with Crippen LogP contribution >= 0.6 is 0 Å². The average molecular weight is 743 g/mol. The van der Waals surface area contributed by atoms with E-state index >= 15 is 0 Å². The summed E-state index contributed by atoms with van der Waals surface area (Å²) < 4.78 is 1.83. The number of hydrogen-bond acceptors (Lipinski definition) is 9. The van der Waals surface area contributed by atoms with E-state index in [4.69, 9.17) is 9.97 Å². The van der Waals surface area contributed by atoms with E-state index in [0.29, 0.717) is 0 Å². The van der Waals surface area contributed by atoms with Crippen LogP contribution < -0.4 is 0 Å². The summed E-state index contributed by atoms with van der Waals surface area (Å²) in [6.07, 6.45) is 5.45. The molecule has 5 aromatic rings. The summed E-state index contributed by atoms with van der Waals surface area (Å²) in [4.78, 5) is 36.3. The largest absolute Gasteiger partial charge is 0.253 e. The molecule has 0 unspecified atom stereocenters. The molecule has 0 fully saturated rings. The molecule has 300 valence electrons. The third-order valence-electron chi connectivity index (χ3n) is 7.56. The van der Waals surface area contributed by atoms with Crippen LogP contribution in [0.3, 0.4) is 0 Å². The van der Waals surface area contributed by atoms with Gasteiger partial charge >= 0.3 is 0 Å².